The summed E-state index contributed by atoms with van der Waals surface area (Å²) in [6, 6.07) is 0. The van der Waals surface area contributed by atoms with E-state index in [1.807, 2.05) is 4.90 Å². The van der Waals surface area contributed by atoms with E-state index in [-0.39, 0.29) is 35.4 Å². The normalized spacial score (nSPS) is 22.8. The molecule has 0 spiro atoms. The van der Waals surface area contributed by atoms with Crippen molar-refractivity contribution in [2.75, 3.05) is 45.8 Å². The van der Waals surface area contributed by atoms with Gasteiger partial charge in [-0.25, -0.2) is 0 Å². The predicted molar refractivity (Wildman–Crippen MR) is 131 cm³/mol. The third-order valence-electron chi connectivity index (χ3n) is 6.78. The van der Waals surface area contributed by atoms with Gasteiger partial charge in [0.05, 0.1) is 6.54 Å². The van der Waals surface area contributed by atoms with E-state index in [4.69, 9.17) is 4.99 Å². The maximum Gasteiger partial charge on any atom is 0.224 e. The molecule has 0 atom stereocenters. The van der Waals surface area contributed by atoms with Crippen LogP contribution in [0.15, 0.2) is 4.99 Å². The quantitative estimate of drug-likeness (QED) is 0.308. The summed E-state index contributed by atoms with van der Waals surface area (Å²) in [6.07, 6.45) is 13.5. The molecule has 2 aliphatic heterocycles. The summed E-state index contributed by atoms with van der Waals surface area (Å²) >= 11 is 0. The van der Waals surface area contributed by atoms with Gasteiger partial charge in [0.2, 0.25) is 5.91 Å². The first-order chi connectivity index (χ1) is 13.7. The second kappa shape index (κ2) is 13.0. The van der Waals surface area contributed by atoms with E-state index in [9.17, 15) is 4.79 Å². The van der Waals surface area contributed by atoms with Crippen molar-refractivity contribution in [1.29, 1.82) is 0 Å². The Morgan fingerprint density at radius 2 is 1.52 bits per heavy atom. The first kappa shape index (κ1) is 24.7. The number of nitrogens with zero attached hydrogens (tertiary/aromatic N) is 3. The zero-order chi connectivity index (χ0) is 19.7. The van der Waals surface area contributed by atoms with Crippen LogP contribution in [0.2, 0.25) is 0 Å². The summed E-state index contributed by atoms with van der Waals surface area (Å²) in [4.78, 5) is 22.0. The molecule has 29 heavy (non-hydrogen) atoms. The second-order valence-corrected chi connectivity index (χ2v) is 8.79. The molecule has 1 saturated carbocycles. The van der Waals surface area contributed by atoms with Crippen molar-refractivity contribution >= 4 is 35.8 Å². The molecule has 3 aliphatic rings. The van der Waals surface area contributed by atoms with Crippen molar-refractivity contribution in [3.8, 4) is 0 Å². The molecule has 0 bridgehead atoms. The number of likely N-dealkylation sites (tertiary alicyclic amines) is 2. The maximum absolute atomic E-state index is 12.3. The highest BCUT2D eigenvalue weighted by Crippen LogP contribution is 2.35. The molecule has 2 N–H and O–H groups in total. The van der Waals surface area contributed by atoms with E-state index < -0.39 is 0 Å². The lowest BCUT2D eigenvalue weighted by atomic mass is 9.79. The summed E-state index contributed by atoms with van der Waals surface area (Å²) in [6.45, 7) is 8.85. The molecule has 0 aromatic carbocycles. The minimum absolute atomic E-state index is 0. The zero-order valence-corrected chi connectivity index (χ0v) is 20.7. The molecular formula is C22H42IN5O. The number of nitrogens with one attached hydrogen (secondary N) is 2. The van der Waals surface area contributed by atoms with Gasteiger partial charge in [-0.3, -0.25) is 14.7 Å². The number of guanidine groups is 1. The van der Waals surface area contributed by atoms with Crippen LogP contribution in [0, 0.1) is 0 Å². The van der Waals surface area contributed by atoms with Crippen LogP contribution in [-0.4, -0.2) is 73.0 Å². The molecule has 6 nitrogen and oxygen atoms in total. The van der Waals surface area contributed by atoms with Crippen LogP contribution < -0.4 is 10.6 Å². The van der Waals surface area contributed by atoms with E-state index in [0.29, 0.717) is 13.0 Å². The summed E-state index contributed by atoms with van der Waals surface area (Å²) in [5.74, 6) is 1.15. The van der Waals surface area contributed by atoms with Crippen LogP contribution >= 0.6 is 24.0 Å². The highest BCUT2D eigenvalue weighted by atomic mass is 127. The molecule has 1 amide bonds. The molecule has 0 aromatic heterocycles. The van der Waals surface area contributed by atoms with Crippen molar-refractivity contribution in [2.24, 2.45) is 4.99 Å². The molecule has 7 heteroatoms. The van der Waals surface area contributed by atoms with E-state index in [1.54, 1.807) is 0 Å². The predicted octanol–water partition coefficient (Wildman–Crippen LogP) is 3.36. The number of halogens is 1. The topological polar surface area (TPSA) is 60.0 Å². The average Bonchev–Trinajstić information content (AvgIpc) is 3.28. The number of amides is 1. The SMILES string of the molecule is CCNC(=NCC1(N2CCCCC2)CCCCC1)NCCC(=O)N1CCCC1.I. The van der Waals surface area contributed by atoms with E-state index in [1.165, 1.54) is 64.5 Å². The van der Waals surface area contributed by atoms with Crippen molar-refractivity contribution < 1.29 is 4.79 Å². The standard InChI is InChI=1S/C22H41N5O.HI/c1-2-23-21(24-14-11-20(28)26-15-9-10-16-26)25-19-22(12-5-3-6-13-22)27-17-7-4-8-18-27;/h2-19H2,1H3,(H2,23,24,25);1H. The van der Waals surface area contributed by atoms with Crippen molar-refractivity contribution in [2.45, 2.75) is 83.1 Å². The lowest BCUT2D eigenvalue weighted by molar-refractivity contribution is -0.129. The molecule has 0 unspecified atom stereocenters. The summed E-state index contributed by atoms with van der Waals surface area (Å²) in [7, 11) is 0. The van der Waals surface area contributed by atoms with Gasteiger partial charge >= 0.3 is 0 Å². The largest absolute Gasteiger partial charge is 0.357 e. The second-order valence-electron chi connectivity index (χ2n) is 8.79. The van der Waals surface area contributed by atoms with Gasteiger partial charge in [-0.05, 0) is 58.5 Å². The molecule has 2 saturated heterocycles. The Balaban J connectivity index is 0.00000300. The lowest BCUT2D eigenvalue weighted by Gasteiger charge is -2.47. The number of aliphatic imine (C=N–C) groups is 1. The monoisotopic (exact) mass is 519 g/mol. The summed E-state index contributed by atoms with van der Waals surface area (Å²) in [5, 5.41) is 6.79. The molecule has 0 radical (unpaired) electrons. The average molecular weight is 520 g/mol. The summed E-state index contributed by atoms with van der Waals surface area (Å²) in [5.41, 5.74) is 0.256. The Kier molecular flexibility index (Phi) is 11.0. The van der Waals surface area contributed by atoms with Gasteiger partial charge in [-0.2, -0.15) is 0 Å². The Hall–Kier alpha value is -0.570. The smallest absolute Gasteiger partial charge is 0.224 e. The Morgan fingerprint density at radius 3 is 2.17 bits per heavy atom. The fraction of sp³-hybridized carbons (Fsp3) is 0.909. The Labute approximate surface area is 194 Å². The van der Waals surface area contributed by atoms with Gasteiger partial charge in [0.1, 0.15) is 0 Å². The zero-order valence-electron chi connectivity index (χ0n) is 18.4. The number of rotatable bonds is 7. The van der Waals surface area contributed by atoms with Gasteiger partial charge in [0.15, 0.2) is 5.96 Å². The van der Waals surface area contributed by atoms with E-state index >= 15 is 0 Å². The maximum atomic E-state index is 12.3. The Morgan fingerprint density at radius 1 is 0.897 bits per heavy atom. The van der Waals surface area contributed by atoms with Crippen LogP contribution in [-0.2, 0) is 4.79 Å². The van der Waals surface area contributed by atoms with Crippen LogP contribution in [0.1, 0.15) is 77.6 Å². The summed E-state index contributed by atoms with van der Waals surface area (Å²) < 4.78 is 0. The van der Waals surface area contributed by atoms with Gasteiger partial charge in [0.25, 0.3) is 0 Å². The number of carbonyl (C=O) groups excluding carboxylic acids is 1. The molecule has 168 valence electrons. The van der Waals surface area contributed by atoms with Gasteiger partial charge < -0.3 is 15.5 Å². The van der Waals surface area contributed by atoms with Crippen LogP contribution in [0.4, 0.5) is 0 Å². The fourth-order valence-corrected chi connectivity index (χ4v) is 5.13. The van der Waals surface area contributed by atoms with Gasteiger partial charge in [-0.1, -0.05) is 25.7 Å². The first-order valence-corrected chi connectivity index (χ1v) is 11.8. The molecule has 1 aliphatic carbocycles. The molecule has 3 rings (SSSR count). The van der Waals surface area contributed by atoms with Crippen molar-refractivity contribution in [3.63, 3.8) is 0 Å². The third-order valence-corrected chi connectivity index (χ3v) is 6.78. The third kappa shape index (κ3) is 7.26. The minimum atomic E-state index is 0. The highest BCUT2D eigenvalue weighted by Gasteiger charge is 2.38. The molecule has 3 fully saturated rings. The number of hydrogen-bond donors (Lipinski definition) is 2. The van der Waals surface area contributed by atoms with Crippen LogP contribution in [0.5, 0.6) is 0 Å². The minimum Gasteiger partial charge on any atom is -0.357 e. The number of hydrogen-bond acceptors (Lipinski definition) is 3. The molecule has 2 heterocycles. The Bertz CT molecular complexity index is 509. The van der Waals surface area contributed by atoms with Gasteiger partial charge in [0, 0.05) is 38.1 Å². The number of carbonyl (C=O) groups is 1. The first-order valence-electron chi connectivity index (χ1n) is 11.8. The van der Waals surface area contributed by atoms with Gasteiger partial charge in [-0.15, -0.1) is 24.0 Å². The van der Waals surface area contributed by atoms with E-state index in [0.717, 1.165) is 45.0 Å². The van der Waals surface area contributed by atoms with Crippen LogP contribution in [0.3, 0.4) is 0 Å². The van der Waals surface area contributed by atoms with E-state index in [2.05, 4.69) is 22.5 Å². The lowest BCUT2D eigenvalue weighted by Crippen LogP contribution is -2.54. The van der Waals surface area contributed by atoms with Crippen LogP contribution in [0.25, 0.3) is 0 Å². The van der Waals surface area contributed by atoms with Crippen molar-refractivity contribution in [3.05, 3.63) is 0 Å². The molecular weight excluding hydrogens is 477 g/mol. The number of piperidine rings is 1. The fourth-order valence-electron chi connectivity index (χ4n) is 5.13. The highest BCUT2D eigenvalue weighted by molar-refractivity contribution is 14.0. The van der Waals surface area contributed by atoms with Crippen molar-refractivity contribution in [1.82, 2.24) is 20.4 Å². The molecule has 0 aromatic rings.